The topological polar surface area (TPSA) is 39.2 Å². The van der Waals surface area contributed by atoms with Crippen molar-refractivity contribution in [1.29, 1.82) is 0 Å². The molecule has 0 aromatic carbocycles. The van der Waals surface area contributed by atoms with Gasteiger partial charge < -0.3 is 10.2 Å². The third-order valence-electron chi connectivity index (χ3n) is 3.71. The van der Waals surface area contributed by atoms with Crippen LogP contribution in [-0.4, -0.2) is 0 Å². The van der Waals surface area contributed by atoms with Crippen molar-refractivity contribution in [2.45, 2.75) is 39.2 Å². The van der Waals surface area contributed by atoms with Gasteiger partial charge in [0.15, 0.2) is 0 Å². The van der Waals surface area contributed by atoms with Gasteiger partial charge in [-0.2, -0.15) is 0 Å². The van der Waals surface area contributed by atoms with Gasteiger partial charge in [0, 0.05) is 11.6 Å². The maximum Gasteiger partial charge on any atom is 0.0953 e. The van der Waals surface area contributed by atoms with Gasteiger partial charge in [-0.25, -0.2) is 0 Å². The largest absolute Gasteiger partial charge is 0.472 e. The number of furan rings is 1. The summed E-state index contributed by atoms with van der Waals surface area (Å²) in [6, 6.07) is 0.152. The average molecular weight is 193 g/mol. The van der Waals surface area contributed by atoms with Crippen LogP contribution in [-0.2, 0) is 0 Å². The molecule has 2 atom stereocenters. The Kier molecular flexibility index (Phi) is 2.64. The quantitative estimate of drug-likeness (QED) is 0.801. The molecule has 0 radical (unpaired) electrons. The van der Waals surface area contributed by atoms with E-state index in [1.807, 2.05) is 0 Å². The molecule has 2 heteroatoms. The van der Waals surface area contributed by atoms with E-state index in [4.69, 9.17) is 10.2 Å². The number of nitrogens with two attached hydrogens (primary N) is 1. The Balaban J connectivity index is 2.07. The minimum absolute atomic E-state index is 0.152. The summed E-state index contributed by atoms with van der Waals surface area (Å²) in [5, 5.41) is 0. The summed E-state index contributed by atoms with van der Waals surface area (Å²) in [7, 11) is 0. The lowest BCUT2D eigenvalue weighted by molar-refractivity contribution is 0.193. The van der Waals surface area contributed by atoms with Crippen molar-refractivity contribution >= 4 is 0 Å². The first-order valence-electron chi connectivity index (χ1n) is 5.48. The molecule has 1 fully saturated rings. The van der Waals surface area contributed by atoms with Gasteiger partial charge in [0.2, 0.25) is 0 Å². The maximum absolute atomic E-state index is 6.23. The summed E-state index contributed by atoms with van der Waals surface area (Å²) in [5.74, 6) is 1.42. The molecule has 78 valence electrons. The van der Waals surface area contributed by atoms with Crippen LogP contribution in [0.25, 0.3) is 0 Å². The normalized spacial score (nSPS) is 21.6. The Hall–Kier alpha value is -0.760. The third-order valence-corrected chi connectivity index (χ3v) is 3.71. The lowest BCUT2D eigenvalue weighted by atomic mass is 9.72. The summed E-state index contributed by atoms with van der Waals surface area (Å²) in [5.41, 5.74) is 8.60. The molecule has 2 nitrogen and oxygen atoms in total. The highest BCUT2D eigenvalue weighted by Crippen LogP contribution is 2.39. The smallest absolute Gasteiger partial charge is 0.0953 e. The fourth-order valence-electron chi connectivity index (χ4n) is 2.25. The summed E-state index contributed by atoms with van der Waals surface area (Å²) < 4.78 is 5.17. The van der Waals surface area contributed by atoms with E-state index in [1.54, 1.807) is 12.5 Å². The van der Waals surface area contributed by atoms with Crippen LogP contribution in [0.2, 0.25) is 0 Å². The minimum atomic E-state index is 0.152. The van der Waals surface area contributed by atoms with E-state index in [-0.39, 0.29) is 6.04 Å². The van der Waals surface area contributed by atoms with Crippen LogP contribution in [0.4, 0.5) is 0 Å². The van der Waals surface area contributed by atoms with E-state index in [2.05, 4.69) is 13.8 Å². The lowest BCUT2D eigenvalue weighted by Crippen LogP contribution is -2.29. The first-order chi connectivity index (χ1) is 6.70. The molecular formula is C12H19NO. The van der Waals surface area contributed by atoms with Crippen LogP contribution in [0.5, 0.6) is 0 Å². The van der Waals surface area contributed by atoms with Crippen molar-refractivity contribution in [3.63, 3.8) is 0 Å². The minimum Gasteiger partial charge on any atom is -0.472 e. The van der Waals surface area contributed by atoms with Crippen LogP contribution in [0.1, 0.15) is 43.4 Å². The number of hydrogen-bond acceptors (Lipinski definition) is 2. The molecule has 1 saturated carbocycles. The molecule has 1 aliphatic rings. The van der Waals surface area contributed by atoms with Crippen molar-refractivity contribution < 1.29 is 4.42 Å². The van der Waals surface area contributed by atoms with Crippen LogP contribution < -0.4 is 5.73 Å². The first-order valence-corrected chi connectivity index (χ1v) is 5.48. The van der Waals surface area contributed by atoms with Gasteiger partial charge in [0.05, 0.1) is 12.5 Å². The van der Waals surface area contributed by atoms with Crippen LogP contribution in [0.3, 0.4) is 0 Å². The fourth-order valence-corrected chi connectivity index (χ4v) is 2.25. The van der Waals surface area contributed by atoms with E-state index in [0.29, 0.717) is 5.92 Å². The molecule has 0 amide bonds. The Bertz CT molecular complexity index is 301. The molecule has 14 heavy (non-hydrogen) atoms. The zero-order chi connectivity index (χ0) is 10.1. The second-order valence-corrected chi connectivity index (χ2v) is 4.59. The fraction of sp³-hybridized carbons (Fsp3) is 0.667. The SMILES string of the molecule is Cc1cocc1C(N)C(C)C1CCC1. The highest BCUT2D eigenvalue weighted by atomic mass is 16.3. The first kappa shape index (κ1) is 9.78. The average Bonchev–Trinajstić information content (AvgIpc) is 2.47. The number of hydrogen-bond donors (Lipinski definition) is 1. The van der Waals surface area contributed by atoms with Crippen LogP contribution >= 0.6 is 0 Å². The van der Waals surface area contributed by atoms with E-state index < -0.39 is 0 Å². The highest BCUT2D eigenvalue weighted by Gasteiger charge is 2.29. The molecule has 2 rings (SSSR count). The predicted molar refractivity (Wildman–Crippen MR) is 56.9 cm³/mol. The van der Waals surface area contributed by atoms with Crippen molar-refractivity contribution in [3.05, 3.63) is 23.7 Å². The van der Waals surface area contributed by atoms with Crippen LogP contribution in [0.15, 0.2) is 16.9 Å². The molecule has 1 aliphatic carbocycles. The molecule has 1 aromatic rings. The van der Waals surface area contributed by atoms with Gasteiger partial charge in [-0.05, 0) is 24.3 Å². The summed E-state index contributed by atoms with van der Waals surface area (Å²) >= 11 is 0. The van der Waals surface area contributed by atoms with Gasteiger partial charge >= 0.3 is 0 Å². The van der Waals surface area contributed by atoms with Crippen molar-refractivity contribution in [2.75, 3.05) is 0 Å². The Labute approximate surface area is 85.5 Å². The molecule has 2 N–H and O–H groups in total. The van der Waals surface area contributed by atoms with E-state index in [9.17, 15) is 0 Å². The molecule has 1 aromatic heterocycles. The zero-order valence-corrected chi connectivity index (χ0v) is 8.99. The Morgan fingerprint density at radius 3 is 2.57 bits per heavy atom. The van der Waals surface area contributed by atoms with Crippen molar-refractivity contribution in [1.82, 2.24) is 0 Å². The Morgan fingerprint density at radius 2 is 2.14 bits per heavy atom. The molecular weight excluding hydrogens is 174 g/mol. The summed E-state index contributed by atoms with van der Waals surface area (Å²) in [6.45, 7) is 4.33. The van der Waals surface area contributed by atoms with Gasteiger partial charge in [-0.3, -0.25) is 0 Å². The summed E-state index contributed by atoms with van der Waals surface area (Å²) in [6.07, 6.45) is 7.67. The molecule has 0 spiro atoms. The third kappa shape index (κ3) is 1.59. The predicted octanol–water partition coefficient (Wildman–Crippen LogP) is 3.02. The molecule has 0 aliphatic heterocycles. The maximum atomic E-state index is 6.23. The van der Waals surface area contributed by atoms with Crippen LogP contribution in [0, 0.1) is 18.8 Å². The molecule has 2 unspecified atom stereocenters. The van der Waals surface area contributed by atoms with Gasteiger partial charge in [-0.15, -0.1) is 0 Å². The molecule has 0 bridgehead atoms. The highest BCUT2D eigenvalue weighted by molar-refractivity contribution is 5.23. The lowest BCUT2D eigenvalue weighted by Gasteiger charge is -2.34. The molecule has 0 saturated heterocycles. The standard InChI is InChI=1S/C12H19NO/c1-8-6-14-7-11(8)12(13)9(2)10-4-3-5-10/h6-7,9-10,12H,3-5,13H2,1-2H3. The zero-order valence-electron chi connectivity index (χ0n) is 8.99. The number of rotatable bonds is 3. The second kappa shape index (κ2) is 3.77. The van der Waals surface area contributed by atoms with E-state index in [1.165, 1.54) is 30.4 Å². The number of aryl methyl sites for hydroxylation is 1. The van der Waals surface area contributed by atoms with Crippen molar-refractivity contribution in [2.24, 2.45) is 17.6 Å². The Morgan fingerprint density at radius 1 is 1.43 bits per heavy atom. The van der Waals surface area contributed by atoms with E-state index in [0.717, 1.165) is 5.92 Å². The van der Waals surface area contributed by atoms with Crippen molar-refractivity contribution in [3.8, 4) is 0 Å². The van der Waals surface area contributed by atoms with Gasteiger partial charge in [0.1, 0.15) is 0 Å². The monoisotopic (exact) mass is 193 g/mol. The molecule has 1 heterocycles. The van der Waals surface area contributed by atoms with Gasteiger partial charge in [-0.1, -0.05) is 26.2 Å². The van der Waals surface area contributed by atoms with E-state index >= 15 is 0 Å². The second-order valence-electron chi connectivity index (χ2n) is 4.59. The summed E-state index contributed by atoms with van der Waals surface area (Å²) in [4.78, 5) is 0. The van der Waals surface area contributed by atoms with Gasteiger partial charge in [0.25, 0.3) is 0 Å².